The minimum Gasteiger partial charge on any atom is -0.481 e. The lowest BCUT2D eigenvalue weighted by Gasteiger charge is -2.72. The standard InChI is InChI=1S/C42H70N2O5/c1-37(2,36(47)48)26-35(46)49-33-19-21-39(5)31(38(33,3)4)18-22-41(7)32(39)17-16-29-30-11-10-20-42(30,24-23-40(29,41)6)25-34(45)43-27-12-14-28(15-13-27)44(8)9/h27-33H,10-26H2,1-9H3,(H,43,45)(H,47,48)/t27-,28+,29-,30-,31?,32?,33+,39+,40-,41-,42-/m1/s1. The molecule has 0 aromatic heterocycles. The normalized spacial score (nSPS) is 44.6. The molecule has 9 atom stereocenters. The predicted octanol–water partition coefficient (Wildman–Crippen LogP) is 8.63. The Morgan fingerprint density at radius 1 is 0.776 bits per heavy atom. The zero-order valence-electron chi connectivity index (χ0n) is 32.6. The highest BCUT2D eigenvalue weighted by Gasteiger charge is 2.70. The topological polar surface area (TPSA) is 95.9 Å². The number of nitrogens with zero attached hydrogens (tertiary/aromatic N) is 1. The molecule has 0 heterocycles. The fourth-order valence-corrected chi connectivity index (χ4v) is 14.2. The number of rotatable bonds is 8. The van der Waals surface area contributed by atoms with Gasteiger partial charge in [0.25, 0.3) is 0 Å². The van der Waals surface area contributed by atoms with Gasteiger partial charge in [0, 0.05) is 23.9 Å². The van der Waals surface area contributed by atoms with Gasteiger partial charge in [-0.2, -0.15) is 0 Å². The molecule has 0 bridgehead atoms. The van der Waals surface area contributed by atoms with Crippen molar-refractivity contribution < 1.29 is 24.2 Å². The Bertz CT molecular complexity index is 1290. The molecule has 6 saturated carbocycles. The number of esters is 1. The van der Waals surface area contributed by atoms with E-state index >= 15 is 0 Å². The van der Waals surface area contributed by atoms with Crippen LogP contribution in [0.1, 0.15) is 158 Å². The third kappa shape index (κ3) is 6.10. The van der Waals surface area contributed by atoms with Crippen LogP contribution >= 0.6 is 0 Å². The molecule has 1 amide bonds. The third-order valence-electron chi connectivity index (χ3n) is 17.2. The van der Waals surface area contributed by atoms with Crippen molar-refractivity contribution in [1.82, 2.24) is 10.2 Å². The summed E-state index contributed by atoms with van der Waals surface area (Å²) >= 11 is 0. The van der Waals surface area contributed by atoms with E-state index < -0.39 is 11.4 Å². The summed E-state index contributed by atoms with van der Waals surface area (Å²) in [6, 6.07) is 0.996. The van der Waals surface area contributed by atoms with Gasteiger partial charge in [0.15, 0.2) is 0 Å². The molecule has 7 heteroatoms. The van der Waals surface area contributed by atoms with Gasteiger partial charge in [-0.1, -0.05) is 41.0 Å². The zero-order chi connectivity index (χ0) is 35.8. The van der Waals surface area contributed by atoms with E-state index in [1.165, 1.54) is 64.2 Å². The van der Waals surface area contributed by atoms with Crippen molar-refractivity contribution in [2.75, 3.05) is 14.1 Å². The lowest BCUT2D eigenvalue weighted by molar-refractivity contribution is -0.248. The monoisotopic (exact) mass is 683 g/mol. The molecule has 6 rings (SSSR count). The third-order valence-corrected chi connectivity index (χ3v) is 17.2. The molecule has 0 radical (unpaired) electrons. The fraction of sp³-hybridized carbons (Fsp3) is 0.929. The molecule has 2 N–H and O–H groups in total. The highest BCUT2D eigenvalue weighted by molar-refractivity contribution is 5.81. The van der Waals surface area contributed by atoms with Crippen LogP contribution in [-0.2, 0) is 19.1 Å². The number of carbonyl (C=O) groups excluding carboxylic acids is 2. The minimum absolute atomic E-state index is 0.0978. The maximum Gasteiger partial charge on any atom is 0.309 e. The highest BCUT2D eigenvalue weighted by atomic mass is 16.5. The van der Waals surface area contributed by atoms with E-state index in [4.69, 9.17) is 4.74 Å². The average molecular weight is 683 g/mol. The number of hydrogen-bond acceptors (Lipinski definition) is 5. The smallest absolute Gasteiger partial charge is 0.309 e. The number of carboxylic acid groups (broad SMARTS) is 1. The molecule has 6 aliphatic rings. The second-order valence-electron chi connectivity index (χ2n) is 20.4. The summed E-state index contributed by atoms with van der Waals surface area (Å²) in [5.41, 5.74) is -0.395. The van der Waals surface area contributed by atoms with Crippen molar-refractivity contribution in [3.63, 3.8) is 0 Å². The number of aliphatic carboxylic acids is 1. The number of fused-ring (bicyclic) bond motifs is 7. The molecule has 0 aromatic rings. The molecule has 2 unspecified atom stereocenters. The lowest BCUT2D eigenvalue weighted by Crippen LogP contribution is -2.66. The van der Waals surface area contributed by atoms with E-state index in [0.717, 1.165) is 38.5 Å². The number of hydrogen-bond donors (Lipinski definition) is 2. The van der Waals surface area contributed by atoms with Crippen LogP contribution in [0.3, 0.4) is 0 Å². The predicted molar refractivity (Wildman–Crippen MR) is 194 cm³/mol. The van der Waals surface area contributed by atoms with E-state index in [2.05, 4.69) is 58.9 Å². The van der Waals surface area contributed by atoms with Crippen LogP contribution in [0.25, 0.3) is 0 Å². The first-order chi connectivity index (χ1) is 22.8. The molecule has 0 aromatic carbocycles. The molecule has 278 valence electrons. The van der Waals surface area contributed by atoms with Crippen LogP contribution in [0.2, 0.25) is 0 Å². The average Bonchev–Trinajstić information content (AvgIpc) is 3.42. The Morgan fingerprint density at radius 2 is 1.47 bits per heavy atom. The zero-order valence-corrected chi connectivity index (χ0v) is 32.6. The molecule has 6 fully saturated rings. The number of nitrogens with one attached hydrogen (secondary N) is 1. The lowest BCUT2D eigenvalue weighted by atomic mass is 9.32. The molecule has 0 saturated heterocycles. The van der Waals surface area contributed by atoms with E-state index in [-0.39, 0.29) is 45.6 Å². The van der Waals surface area contributed by atoms with Crippen molar-refractivity contribution in [2.45, 2.75) is 176 Å². The van der Waals surface area contributed by atoms with E-state index in [9.17, 15) is 19.5 Å². The molecular weight excluding hydrogens is 612 g/mol. The van der Waals surface area contributed by atoms with Crippen LogP contribution in [-0.4, -0.2) is 60.1 Å². The van der Waals surface area contributed by atoms with Crippen LogP contribution in [0, 0.1) is 56.2 Å². The SMILES string of the molecule is CN(C)[C@H]1CC[C@@H](NC(=O)C[C@]23CCC[C@@H]2[C@H]2CCC4[C@@]5(C)CC[C@H](OC(=O)CC(C)(C)C(=O)O)C(C)(C)C5CC[C@@]4(C)[C@]2(C)CC3)CC1. The van der Waals surface area contributed by atoms with Gasteiger partial charge in [0.2, 0.25) is 5.91 Å². The Balaban J connectivity index is 1.15. The van der Waals surface area contributed by atoms with Crippen molar-refractivity contribution >= 4 is 17.8 Å². The van der Waals surface area contributed by atoms with Gasteiger partial charge >= 0.3 is 11.9 Å². The summed E-state index contributed by atoms with van der Waals surface area (Å²) in [6.07, 6.45) is 18.1. The summed E-state index contributed by atoms with van der Waals surface area (Å²) in [7, 11) is 4.36. The van der Waals surface area contributed by atoms with Crippen LogP contribution < -0.4 is 5.32 Å². The van der Waals surface area contributed by atoms with Gasteiger partial charge < -0.3 is 20.1 Å². The van der Waals surface area contributed by atoms with Crippen molar-refractivity contribution in [3.05, 3.63) is 0 Å². The summed E-state index contributed by atoms with van der Waals surface area (Å²) < 4.78 is 6.17. The van der Waals surface area contributed by atoms with Crippen molar-refractivity contribution in [2.24, 2.45) is 56.2 Å². The van der Waals surface area contributed by atoms with Crippen molar-refractivity contribution in [3.8, 4) is 0 Å². The molecule has 49 heavy (non-hydrogen) atoms. The maximum absolute atomic E-state index is 13.7. The van der Waals surface area contributed by atoms with Crippen LogP contribution in [0.15, 0.2) is 0 Å². The maximum atomic E-state index is 13.7. The number of amides is 1. The van der Waals surface area contributed by atoms with Gasteiger partial charge in [-0.3, -0.25) is 14.4 Å². The number of carboxylic acids is 1. The largest absolute Gasteiger partial charge is 0.481 e. The summed E-state index contributed by atoms with van der Waals surface area (Å²) in [6.45, 7) is 15.8. The second-order valence-corrected chi connectivity index (χ2v) is 20.4. The van der Waals surface area contributed by atoms with Gasteiger partial charge in [0.05, 0.1) is 11.8 Å². The van der Waals surface area contributed by atoms with Crippen molar-refractivity contribution in [1.29, 1.82) is 0 Å². The summed E-state index contributed by atoms with van der Waals surface area (Å²) in [4.78, 5) is 40.8. The first kappa shape index (κ1) is 37.1. The summed E-state index contributed by atoms with van der Waals surface area (Å²) in [5.74, 6) is 1.43. The quantitative estimate of drug-likeness (QED) is 0.249. The van der Waals surface area contributed by atoms with E-state index in [1.807, 2.05) is 0 Å². The Morgan fingerprint density at radius 3 is 2.12 bits per heavy atom. The molecule has 0 aliphatic heterocycles. The van der Waals surface area contributed by atoms with Gasteiger partial charge in [-0.05, 0) is 163 Å². The highest BCUT2D eigenvalue weighted by Crippen LogP contribution is 2.77. The van der Waals surface area contributed by atoms with Gasteiger partial charge in [-0.25, -0.2) is 0 Å². The number of ether oxygens (including phenoxy) is 1. The molecule has 6 aliphatic carbocycles. The van der Waals surface area contributed by atoms with Crippen LogP contribution in [0.4, 0.5) is 0 Å². The van der Waals surface area contributed by atoms with E-state index in [1.54, 1.807) is 13.8 Å². The minimum atomic E-state index is -1.13. The van der Waals surface area contributed by atoms with Gasteiger partial charge in [-0.15, -0.1) is 0 Å². The molecule has 7 nitrogen and oxygen atoms in total. The molecular formula is C42H70N2O5. The second kappa shape index (κ2) is 12.8. The Kier molecular flexibility index (Phi) is 9.70. The fourth-order valence-electron chi connectivity index (χ4n) is 14.2. The first-order valence-electron chi connectivity index (χ1n) is 20.2. The van der Waals surface area contributed by atoms with Gasteiger partial charge in [0.1, 0.15) is 6.10 Å². The van der Waals surface area contributed by atoms with Crippen LogP contribution in [0.5, 0.6) is 0 Å². The molecule has 0 spiro atoms. The summed E-state index contributed by atoms with van der Waals surface area (Å²) in [5, 5.41) is 13.1. The Labute approximate surface area is 297 Å². The Hall–Kier alpha value is -1.63. The first-order valence-corrected chi connectivity index (χ1v) is 20.2. The number of carbonyl (C=O) groups is 3. The van der Waals surface area contributed by atoms with E-state index in [0.29, 0.717) is 41.7 Å².